The summed E-state index contributed by atoms with van der Waals surface area (Å²) >= 11 is 1.56. The van der Waals surface area contributed by atoms with E-state index in [1.807, 2.05) is 36.6 Å². The van der Waals surface area contributed by atoms with E-state index in [2.05, 4.69) is 4.98 Å². The van der Waals surface area contributed by atoms with Crippen molar-refractivity contribution in [1.29, 1.82) is 0 Å². The molecule has 1 aliphatic heterocycles. The minimum atomic E-state index is -0.883. The summed E-state index contributed by atoms with van der Waals surface area (Å²) in [4.78, 5) is 31.5. The number of carbonyl (C=O) groups is 2. The Bertz CT molecular complexity index is 1080. The molecule has 1 aromatic heterocycles. The lowest BCUT2D eigenvalue weighted by atomic mass is 10.2. The fourth-order valence-electron chi connectivity index (χ4n) is 3.41. The van der Waals surface area contributed by atoms with Gasteiger partial charge in [0, 0.05) is 17.6 Å². The van der Waals surface area contributed by atoms with Crippen LogP contribution in [-0.4, -0.2) is 29.5 Å². The number of aryl methyl sites for hydroxylation is 1. The average Bonchev–Trinajstić information content (AvgIpc) is 3.38. The molecule has 0 fully saturated rings. The second-order valence-corrected chi connectivity index (χ2v) is 8.15. The molecule has 0 radical (unpaired) electrons. The number of esters is 1. The van der Waals surface area contributed by atoms with Crippen LogP contribution in [0.2, 0.25) is 0 Å². The number of anilines is 1. The minimum absolute atomic E-state index is 0.223. The van der Waals surface area contributed by atoms with Gasteiger partial charge in [0.05, 0.1) is 16.3 Å². The van der Waals surface area contributed by atoms with E-state index < -0.39 is 12.1 Å². The fraction of sp³-hybridized carbons (Fsp3) is 0.261. The Kier molecular flexibility index (Phi) is 5.81. The Morgan fingerprint density at radius 2 is 2.03 bits per heavy atom. The molecule has 1 atom stereocenters. The number of nitrogens with zero attached hydrogens (tertiary/aromatic N) is 2. The van der Waals surface area contributed by atoms with Crippen molar-refractivity contribution in [2.45, 2.75) is 33.0 Å². The number of para-hydroxylation sites is 1. The number of ether oxygens (including phenoxy) is 2. The van der Waals surface area contributed by atoms with Gasteiger partial charge in [-0.2, -0.15) is 0 Å². The first kappa shape index (κ1) is 20.1. The number of hydrogen-bond acceptors (Lipinski definition) is 6. The van der Waals surface area contributed by atoms with Gasteiger partial charge in [-0.15, -0.1) is 11.3 Å². The summed E-state index contributed by atoms with van der Waals surface area (Å²) in [5.41, 5.74) is 3.20. The predicted molar refractivity (Wildman–Crippen MR) is 115 cm³/mol. The number of hydrogen-bond donors (Lipinski definition) is 0. The van der Waals surface area contributed by atoms with Crippen molar-refractivity contribution in [2.24, 2.45) is 0 Å². The van der Waals surface area contributed by atoms with Crippen LogP contribution in [-0.2, 0) is 22.6 Å². The van der Waals surface area contributed by atoms with Crippen LogP contribution < -0.4 is 9.64 Å². The van der Waals surface area contributed by atoms with Crippen molar-refractivity contribution in [2.75, 3.05) is 11.4 Å². The SMILES string of the molecule is Cc1nc(COc2cccc(C(=O)OC(C)C(=O)N3CCc4ccccc43)c2)cs1. The first-order valence-corrected chi connectivity index (χ1v) is 10.6. The second-order valence-electron chi connectivity index (χ2n) is 7.09. The molecule has 3 aromatic rings. The number of fused-ring (bicyclic) bond motifs is 1. The van der Waals surface area contributed by atoms with Gasteiger partial charge < -0.3 is 14.4 Å². The van der Waals surface area contributed by atoms with E-state index in [9.17, 15) is 9.59 Å². The first-order chi connectivity index (χ1) is 14.5. The molecule has 4 rings (SSSR count). The van der Waals surface area contributed by atoms with E-state index in [0.29, 0.717) is 24.5 Å². The fourth-order valence-corrected chi connectivity index (χ4v) is 4.01. The van der Waals surface area contributed by atoms with Crippen LogP contribution in [0.4, 0.5) is 5.69 Å². The highest BCUT2D eigenvalue weighted by Crippen LogP contribution is 2.28. The molecule has 1 aliphatic rings. The van der Waals surface area contributed by atoms with Crippen LogP contribution in [0.15, 0.2) is 53.9 Å². The van der Waals surface area contributed by atoms with Crippen LogP contribution >= 0.6 is 11.3 Å². The van der Waals surface area contributed by atoms with Gasteiger partial charge in [-0.3, -0.25) is 4.79 Å². The molecule has 0 saturated carbocycles. The van der Waals surface area contributed by atoms with E-state index in [0.717, 1.165) is 28.4 Å². The Morgan fingerprint density at radius 1 is 1.20 bits per heavy atom. The summed E-state index contributed by atoms with van der Waals surface area (Å²) < 4.78 is 11.2. The molecule has 0 aliphatic carbocycles. The maximum atomic E-state index is 12.8. The van der Waals surface area contributed by atoms with Crippen LogP contribution in [0, 0.1) is 6.92 Å². The monoisotopic (exact) mass is 422 g/mol. The summed E-state index contributed by atoms with van der Waals surface area (Å²) in [5.74, 6) is -0.236. The van der Waals surface area contributed by atoms with Crippen molar-refractivity contribution in [3.8, 4) is 5.75 Å². The zero-order valence-corrected chi connectivity index (χ0v) is 17.6. The molecule has 2 heterocycles. The average molecular weight is 423 g/mol. The van der Waals surface area contributed by atoms with E-state index in [4.69, 9.17) is 9.47 Å². The van der Waals surface area contributed by atoms with E-state index in [-0.39, 0.29) is 5.91 Å². The third-order valence-corrected chi connectivity index (χ3v) is 5.73. The number of carbonyl (C=O) groups excluding carboxylic acids is 2. The van der Waals surface area contributed by atoms with Gasteiger partial charge in [0.15, 0.2) is 6.10 Å². The lowest BCUT2D eigenvalue weighted by molar-refractivity contribution is -0.126. The summed E-state index contributed by atoms with van der Waals surface area (Å²) in [6, 6.07) is 14.5. The topological polar surface area (TPSA) is 68.7 Å². The Hall–Kier alpha value is -3.19. The zero-order valence-electron chi connectivity index (χ0n) is 16.8. The van der Waals surface area contributed by atoms with Crippen molar-refractivity contribution < 1.29 is 19.1 Å². The standard InChI is InChI=1S/C23H22N2O4S/c1-15(22(26)25-11-10-17-6-3-4-9-21(17)25)29-23(27)18-7-5-8-20(12-18)28-13-19-14-30-16(2)24-19/h3-9,12,14-15H,10-11,13H2,1-2H3. The number of rotatable bonds is 6. The molecule has 154 valence electrons. The largest absolute Gasteiger partial charge is 0.487 e. The number of benzene rings is 2. The van der Waals surface area contributed by atoms with Crippen LogP contribution in [0.1, 0.15) is 33.5 Å². The van der Waals surface area contributed by atoms with Gasteiger partial charge in [0.2, 0.25) is 0 Å². The van der Waals surface area contributed by atoms with E-state index in [1.165, 1.54) is 0 Å². The molecule has 0 N–H and O–H groups in total. The van der Waals surface area contributed by atoms with Gasteiger partial charge in [-0.25, -0.2) is 9.78 Å². The van der Waals surface area contributed by atoms with E-state index >= 15 is 0 Å². The third-order valence-electron chi connectivity index (χ3n) is 4.91. The van der Waals surface area contributed by atoms with Gasteiger partial charge in [-0.05, 0) is 50.1 Å². The summed E-state index contributed by atoms with van der Waals surface area (Å²) in [7, 11) is 0. The molecule has 7 heteroatoms. The maximum absolute atomic E-state index is 12.8. The van der Waals surface area contributed by atoms with Crippen molar-refractivity contribution in [3.05, 3.63) is 75.7 Å². The van der Waals surface area contributed by atoms with E-state index in [1.54, 1.807) is 47.4 Å². The lowest BCUT2D eigenvalue weighted by Crippen LogP contribution is -2.39. The molecule has 6 nitrogen and oxygen atoms in total. The smallest absolute Gasteiger partial charge is 0.339 e. The highest BCUT2D eigenvalue weighted by atomic mass is 32.1. The quantitative estimate of drug-likeness (QED) is 0.558. The lowest BCUT2D eigenvalue weighted by Gasteiger charge is -2.21. The molecular formula is C23H22N2O4S. The molecule has 0 spiro atoms. The normalized spacial score (nSPS) is 13.6. The molecule has 1 unspecified atom stereocenters. The molecule has 0 saturated heterocycles. The number of amides is 1. The second kappa shape index (κ2) is 8.67. The zero-order chi connectivity index (χ0) is 21.1. The van der Waals surface area contributed by atoms with Crippen molar-refractivity contribution in [1.82, 2.24) is 4.98 Å². The third kappa shape index (κ3) is 4.36. The first-order valence-electron chi connectivity index (χ1n) is 9.75. The molecular weight excluding hydrogens is 400 g/mol. The highest BCUT2D eigenvalue weighted by molar-refractivity contribution is 7.09. The Labute approximate surface area is 179 Å². The van der Waals surface area contributed by atoms with Crippen molar-refractivity contribution >= 4 is 28.9 Å². The van der Waals surface area contributed by atoms with Crippen LogP contribution in [0.25, 0.3) is 0 Å². The van der Waals surface area contributed by atoms with Gasteiger partial charge >= 0.3 is 5.97 Å². The Morgan fingerprint density at radius 3 is 2.83 bits per heavy atom. The summed E-state index contributed by atoms with van der Waals surface area (Å²) in [5, 5.41) is 2.92. The molecule has 30 heavy (non-hydrogen) atoms. The molecule has 1 amide bonds. The molecule has 2 aromatic carbocycles. The minimum Gasteiger partial charge on any atom is -0.487 e. The van der Waals surface area contributed by atoms with Gasteiger partial charge in [0.1, 0.15) is 12.4 Å². The number of aromatic nitrogens is 1. The number of thiazole rings is 1. The summed E-state index contributed by atoms with van der Waals surface area (Å²) in [6.45, 7) is 4.46. The summed E-state index contributed by atoms with van der Waals surface area (Å²) in [6.07, 6.45) is -0.0771. The molecule has 0 bridgehead atoms. The highest BCUT2D eigenvalue weighted by Gasteiger charge is 2.30. The van der Waals surface area contributed by atoms with Crippen molar-refractivity contribution in [3.63, 3.8) is 0 Å². The Balaban J connectivity index is 1.38. The van der Waals surface area contributed by atoms with Gasteiger partial charge in [-0.1, -0.05) is 24.3 Å². The van der Waals surface area contributed by atoms with Gasteiger partial charge in [0.25, 0.3) is 5.91 Å². The van der Waals surface area contributed by atoms with Crippen LogP contribution in [0.3, 0.4) is 0 Å². The predicted octanol–water partition coefficient (Wildman–Crippen LogP) is 4.17. The van der Waals surface area contributed by atoms with Crippen LogP contribution in [0.5, 0.6) is 5.75 Å². The maximum Gasteiger partial charge on any atom is 0.339 e.